The van der Waals surface area contributed by atoms with Gasteiger partial charge in [0.05, 0.1) is 63.9 Å². The fourth-order valence-corrected chi connectivity index (χ4v) is 8.86. The molecule has 6 aromatic rings. The van der Waals surface area contributed by atoms with Gasteiger partial charge in [0.1, 0.15) is 17.3 Å². The highest BCUT2D eigenvalue weighted by atomic mass is 35.5. The first-order chi connectivity index (χ1) is 29.8. The van der Waals surface area contributed by atoms with Crippen LogP contribution in [0.3, 0.4) is 0 Å². The van der Waals surface area contributed by atoms with Crippen molar-refractivity contribution in [3.05, 3.63) is 119 Å². The summed E-state index contributed by atoms with van der Waals surface area (Å²) < 4.78 is 90.1. The van der Waals surface area contributed by atoms with Crippen molar-refractivity contribution >= 4 is 72.9 Å². The Labute approximate surface area is 390 Å². The molecule has 0 spiro atoms. The van der Waals surface area contributed by atoms with Crippen LogP contribution in [-0.2, 0) is 44.5 Å². The number of ether oxygens (including phenoxy) is 1. The molecule has 5 N–H and O–H groups in total. The van der Waals surface area contributed by atoms with Crippen LogP contribution < -0.4 is 11.5 Å². The number of hydrogen-bond donors (Lipinski definition) is 3. The van der Waals surface area contributed by atoms with Crippen LogP contribution in [0.5, 0.6) is 0 Å². The highest BCUT2D eigenvalue weighted by molar-refractivity contribution is 7.89. The number of rotatable bonds is 15. The standard InChI is InChI=1S/C23H27FN4O4S.C21H25FN4O3S.2ClH/c1-5-32-23(29)19-9-10-20-22(26-19)21(15(2)28(20)14-17(24)11-12-25)16-7-6-8-18(13-16)33(30,31)27(3)4;1-14-20(15-5-4-6-18(11-15)30(28,29)25(2)3)21-19(8-7-17(13-27)24-21)26(14)12-16(22)9-10-23;;/h6-11,13H,5,12,14,25H2,1-4H3;4-9,11,27H,10,12-13,23H2,1-3H3;2*1H/b17-11-;16-9-;;. The van der Waals surface area contributed by atoms with E-state index in [2.05, 4.69) is 9.97 Å². The summed E-state index contributed by atoms with van der Waals surface area (Å²) in [5.41, 5.74) is 17.6. The number of nitrogens with zero attached hydrogens (tertiary/aromatic N) is 6. The molecule has 0 bridgehead atoms. The lowest BCUT2D eigenvalue weighted by molar-refractivity contribution is 0.0520. The van der Waals surface area contributed by atoms with Gasteiger partial charge in [0.2, 0.25) is 20.0 Å². The number of fused-ring (bicyclic) bond motifs is 2. The van der Waals surface area contributed by atoms with E-state index in [0.717, 1.165) is 14.3 Å². The lowest BCUT2D eigenvalue weighted by Gasteiger charge is -2.12. The van der Waals surface area contributed by atoms with Crippen LogP contribution in [0.15, 0.2) is 106 Å². The number of carbonyl (C=O) groups is 1. The van der Waals surface area contributed by atoms with Crippen molar-refractivity contribution in [2.75, 3.05) is 47.9 Å². The largest absolute Gasteiger partial charge is 0.461 e. The van der Waals surface area contributed by atoms with Crippen molar-refractivity contribution in [3.63, 3.8) is 0 Å². The molecule has 0 aliphatic heterocycles. The summed E-state index contributed by atoms with van der Waals surface area (Å²) in [7, 11) is -1.44. The van der Waals surface area contributed by atoms with Gasteiger partial charge in [-0.15, -0.1) is 24.8 Å². The number of pyridine rings is 2. The molecule has 15 nitrogen and oxygen atoms in total. The quantitative estimate of drug-likeness (QED) is 0.0927. The normalized spacial score (nSPS) is 12.3. The van der Waals surface area contributed by atoms with Crippen molar-refractivity contribution in [1.29, 1.82) is 0 Å². The van der Waals surface area contributed by atoms with Crippen LogP contribution in [0.2, 0.25) is 0 Å². The van der Waals surface area contributed by atoms with Gasteiger partial charge in [-0.3, -0.25) is 0 Å². The smallest absolute Gasteiger partial charge is 0.356 e. The molecule has 0 fully saturated rings. The number of hydrogen-bond acceptors (Lipinski definition) is 11. The molecule has 4 heterocycles. The summed E-state index contributed by atoms with van der Waals surface area (Å²) >= 11 is 0. The number of nitrogens with two attached hydrogens (primary N) is 2. The van der Waals surface area contributed by atoms with E-state index in [1.807, 2.05) is 6.92 Å². The third kappa shape index (κ3) is 11.7. The minimum Gasteiger partial charge on any atom is -0.461 e. The van der Waals surface area contributed by atoms with E-state index in [1.165, 1.54) is 58.5 Å². The van der Waals surface area contributed by atoms with E-state index in [4.69, 9.17) is 16.2 Å². The highest BCUT2D eigenvalue weighted by Crippen LogP contribution is 2.37. The molecule has 0 aliphatic carbocycles. The zero-order valence-electron chi connectivity index (χ0n) is 36.9. The summed E-state index contributed by atoms with van der Waals surface area (Å²) in [5, 5.41) is 9.52. The van der Waals surface area contributed by atoms with E-state index in [9.17, 15) is 35.5 Å². The predicted octanol–water partition coefficient (Wildman–Crippen LogP) is 6.66. The highest BCUT2D eigenvalue weighted by Gasteiger charge is 2.25. The van der Waals surface area contributed by atoms with Crippen LogP contribution in [0.25, 0.3) is 44.3 Å². The molecule has 0 amide bonds. The van der Waals surface area contributed by atoms with Crippen molar-refractivity contribution in [3.8, 4) is 22.3 Å². The number of benzene rings is 2. The minimum absolute atomic E-state index is 0. The lowest BCUT2D eigenvalue weighted by atomic mass is 10.0. The zero-order valence-corrected chi connectivity index (χ0v) is 40.2. The molecule has 21 heteroatoms. The SMILES string of the molecule is CCOC(=O)c1ccc2c(n1)c(-c1cccc(S(=O)(=O)N(C)C)c1)c(C)n2C/C(F)=C/CN.Cc1c(-c2cccc(S(=O)(=O)N(C)C)c2)c2nc(CO)ccc2n1C/C(F)=C/CN.Cl.Cl. The Morgan fingerprint density at radius 1 is 0.723 bits per heavy atom. The van der Waals surface area contributed by atoms with Crippen LogP contribution in [0.4, 0.5) is 8.78 Å². The number of aliphatic hydroxyl groups is 1. The molecule has 2 aromatic carbocycles. The topological polar surface area (TPSA) is 209 Å². The van der Waals surface area contributed by atoms with E-state index >= 15 is 0 Å². The molecule has 0 atom stereocenters. The average molecular weight is 980 g/mol. The Bertz CT molecular complexity index is 2960. The van der Waals surface area contributed by atoms with E-state index in [1.54, 1.807) is 77.6 Å². The number of allylic oxidation sites excluding steroid dienone is 2. The molecule has 4 aromatic heterocycles. The first kappa shape index (κ1) is 54.2. The monoisotopic (exact) mass is 978 g/mol. The molecular weight excluding hydrogens is 926 g/mol. The fourth-order valence-electron chi connectivity index (χ4n) is 6.96. The molecule has 6 rings (SSSR count). The fraction of sp³-hybridized carbons (Fsp3) is 0.295. The van der Waals surface area contributed by atoms with Crippen molar-refractivity contribution in [1.82, 2.24) is 27.7 Å². The summed E-state index contributed by atoms with van der Waals surface area (Å²) in [5.74, 6) is -1.37. The second-order valence-corrected chi connectivity index (χ2v) is 18.9. The van der Waals surface area contributed by atoms with Crippen molar-refractivity contribution in [2.24, 2.45) is 11.5 Å². The molecule has 65 heavy (non-hydrogen) atoms. The van der Waals surface area contributed by atoms with Crippen LogP contribution in [-0.4, -0.2) is 104 Å². The second kappa shape index (κ2) is 22.9. The molecule has 0 saturated carbocycles. The number of sulfonamides is 2. The molecule has 0 unspecified atom stereocenters. The van der Waals surface area contributed by atoms with Crippen LogP contribution in [0.1, 0.15) is 34.5 Å². The van der Waals surface area contributed by atoms with Gasteiger partial charge in [0, 0.05) is 63.8 Å². The number of carbonyl (C=O) groups excluding carboxylic acids is 1. The number of esters is 1. The van der Waals surface area contributed by atoms with Gasteiger partial charge in [-0.1, -0.05) is 24.3 Å². The maximum atomic E-state index is 14.4. The summed E-state index contributed by atoms with van der Waals surface area (Å²) in [6.07, 6.45) is 2.60. The number of halogens is 4. The molecule has 0 saturated heterocycles. The first-order valence-corrected chi connectivity index (χ1v) is 22.6. The Kier molecular flexibility index (Phi) is 19.1. The van der Waals surface area contributed by atoms with Gasteiger partial charge < -0.3 is 30.4 Å². The molecular formula is C44H54Cl2F2N8O7S2. The number of aromatic nitrogens is 4. The summed E-state index contributed by atoms with van der Waals surface area (Å²) in [4.78, 5) is 21.6. The van der Waals surface area contributed by atoms with Gasteiger partial charge in [-0.2, -0.15) is 0 Å². The van der Waals surface area contributed by atoms with Gasteiger partial charge in [-0.25, -0.2) is 49.0 Å². The Balaban J connectivity index is 0.000000336. The average Bonchev–Trinajstić information content (AvgIpc) is 3.68. The summed E-state index contributed by atoms with van der Waals surface area (Å²) in [6, 6.07) is 19.7. The first-order valence-electron chi connectivity index (χ1n) is 19.7. The Morgan fingerprint density at radius 3 is 1.55 bits per heavy atom. The van der Waals surface area contributed by atoms with Crippen molar-refractivity contribution in [2.45, 2.75) is 50.3 Å². The Hall–Kier alpha value is -5.09. The maximum absolute atomic E-state index is 14.4. The summed E-state index contributed by atoms with van der Waals surface area (Å²) in [6.45, 7) is 5.35. The van der Waals surface area contributed by atoms with E-state index in [-0.39, 0.29) is 85.5 Å². The maximum Gasteiger partial charge on any atom is 0.356 e. The van der Waals surface area contributed by atoms with Crippen molar-refractivity contribution < 1.29 is 40.3 Å². The second-order valence-electron chi connectivity index (χ2n) is 14.6. The van der Waals surface area contributed by atoms with Crippen LogP contribution >= 0.6 is 24.8 Å². The van der Waals surface area contributed by atoms with Gasteiger partial charge in [-0.05, 0) is 92.6 Å². The van der Waals surface area contributed by atoms with E-state index in [0.29, 0.717) is 55.7 Å². The predicted molar refractivity (Wildman–Crippen MR) is 254 cm³/mol. The number of aliphatic hydroxyl groups excluding tert-OH is 1. The van der Waals surface area contributed by atoms with Gasteiger partial charge >= 0.3 is 5.97 Å². The lowest BCUT2D eigenvalue weighted by Crippen LogP contribution is -2.22. The molecule has 0 radical (unpaired) electrons. The van der Waals surface area contributed by atoms with E-state index < -0.39 is 31.8 Å². The molecule has 0 aliphatic rings. The van der Waals surface area contributed by atoms with Crippen LogP contribution in [0, 0.1) is 13.8 Å². The van der Waals surface area contributed by atoms with Gasteiger partial charge in [0.25, 0.3) is 0 Å². The third-order valence-electron chi connectivity index (χ3n) is 10.1. The minimum atomic E-state index is -3.67. The Morgan fingerprint density at radius 2 is 1.15 bits per heavy atom. The zero-order chi connectivity index (χ0) is 46.4. The molecule has 352 valence electrons. The van der Waals surface area contributed by atoms with Gasteiger partial charge in [0.15, 0.2) is 0 Å². The third-order valence-corrected chi connectivity index (χ3v) is 13.8.